The zero-order valence-electron chi connectivity index (χ0n) is 19.2. The maximum absolute atomic E-state index is 12.0. The zero-order valence-corrected chi connectivity index (χ0v) is 19.2. The van der Waals surface area contributed by atoms with Gasteiger partial charge in [0.25, 0.3) is 5.91 Å². The number of fused-ring (bicyclic) bond motifs is 1. The number of carbonyl (C=O) groups excluding carboxylic acids is 3. The molecule has 0 saturated carbocycles. The lowest BCUT2D eigenvalue weighted by molar-refractivity contribution is -0.150. The van der Waals surface area contributed by atoms with Gasteiger partial charge in [-0.05, 0) is 42.0 Å². The maximum Gasteiger partial charge on any atom is 0.344 e. The van der Waals surface area contributed by atoms with Gasteiger partial charge >= 0.3 is 12.0 Å². The third kappa shape index (κ3) is 7.39. The molecule has 10 heteroatoms. The van der Waals surface area contributed by atoms with Gasteiger partial charge in [0, 0.05) is 11.8 Å². The van der Waals surface area contributed by atoms with Gasteiger partial charge < -0.3 is 29.0 Å². The summed E-state index contributed by atoms with van der Waals surface area (Å²) in [5.74, 6) is 0.598. The topological polar surface area (TPSA) is 121 Å². The predicted molar refractivity (Wildman–Crippen MR) is 128 cm³/mol. The summed E-state index contributed by atoms with van der Waals surface area (Å²) in [7, 11) is 0. The van der Waals surface area contributed by atoms with Crippen molar-refractivity contribution in [1.82, 2.24) is 5.32 Å². The second kappa shape index (κ2) is 12.1. The van der Waals surface area contributed by atoms with Crippen LogP contribution in [0.2, 0.25) is 0 Å². The number of nitrogens with one attached hydrogen (secondary N) is 2. The molecule has 0 aliphatic carbocycles. The van der Waals surface area contributed by atoms with Crippen molar-refractivity contribution in [2.24, 2.45) is 0 Å². The van der Waals surface area contributed by atoms with E-state index in [1.54, 1.807) is 42.5 Å². The standard InChI is InChI=1S/C26H24N2O8/c29-24(28-26(31)27-19-6-11-22-23(14-19)33-13-12-32-22)16-36-25(30)17-35-21-9-7-20(8-10-21)34-15-18-4-2-1-3-5-18/h1-11,14H,12-13,15-17H2,(H2,27,28,29,31). The first-order valence-electron chi connectivity index (χ1n) is 11.1. The Morgan fingerprint density at radius 3 is 2.22 bits per heavy atom. The van der Waals surface area contributed by atoms with Crippen LogP contribution < -0.4 is 29.6 Å². The Hall–Kier alpha value is -4.73. The van der Waals surface area contributed by atoms with Gasteiger partial charge in [0.05, 0.1) is 0 Å². The molecular formula is C26H24N2O8. The molecule has 186 valence electrons. The largest absolute Gasteiger partial charge is 0.489 e. The van der Waals surface area contributed by atoms with Gasteiger partial charge in [-0.3, -0.25) is 10.1 Å². The molecule has 0 atom stereocenters. The van der Waals surface area contributed by atoms with Crippen LogP contribution in [-0.4, -0.2) is 44.3 Å². The molecular weight excluding hydrogens is 468 g/mol. The minimum atomic E-state index is -0.793. The lowest BCUT2D eigenvalue weighted by atomic mass is 10.2. The molecule has 1 heterocycles. The number of esters is 1. The monoisotopic (exact) mass is 492 g/mol. The van der Waals surface area contributed by atoms with E-state index in [-0.39, 0.29) is 0 Å². The SMILES string of the molecule is O=C(COC(=O)COc1ccc(OCc2ccccc2)cc1)NC(=O)Nc1ccc2c(c1)OCCO2. The normalized spacial score (nSPS) is 11.7. The second-order valence-electron chi connectivity index (χ2n) is 7.56. The number of hydrogen-bond acceptors (Lipinski definition) is 8. The molecule has 1 aliphatic rings. The Morgan fingerprint density at radius 2 is 1.47 bits per heavy atom. The maximum atomic E-state index is 12.0. The van der Waals surface area contributed by atoms with Crippen molar-refractivity contribution in [3.8, 4) is 23.0 Å². The molecule has 2 N–H and O–H groups in total. The Morgan fingerprint density at radius 1 is 0.778 bits per heavy atom. The van der Waals surface area contributed by atoms with Crippen molar-refractivity contribution in [2.45, 2.75) is 6.61 Å². The highest BCUT2D eigenvalue weighted by Gasteiger charge is 2.15. The molecule has 0 bridgehead atoms. The molecule has 0 spiro atoms. The fourth-order valence-corrected chi connectivity index (χ4v) is 3.15. The second-order valence-corrected chi connectivity index (χ2v) is 7.56. The highest BCUT2D eigenvalue weighted by atomic mass is 16.6. The van der Waals surface area contributed by atoms with Gasteiger partial charge in [-0.25, -0.2) is 9.59 Å². The van der Waals surface area contributed by atoms with E-state index < -0.39 is 31.1 Å². The van der Waals surface area contributed by atoms with Crippen LogP contribution in [0, 0.1) is 0 Å². The van der Waals surface area contributed by atoms with Crippen LogP contribution in [0.4, 0.5) is 10.5 Å². The fraction of sp³-hybridized carbons (Fsp3) is 0.192. The Bertz CT molecular complexity index is 1200. The van der Waals surface area contributed by atoms with Crippen molar-refractivity contribution in [1.29, 1.82) is 0 Å². The number of anilines is 1. The van der Waals surface area contributed by atoms with E-state index in [9.17, 15) is 14.4 Å². The van der Waals surface area contributed by atoms with E-state index in [4.69, 9.17) is 23.7 Å². The van der Waals surface area contributed by atoms with Crippen molar-refractivity contribution >= 4 is 23.6 Å². The number of urea groups is 1. The highest BCUT2D eigenvalue weighted by molar-refractivity contribution is 6.02. The van der Waals surface area contributed by atoms with Crippen LogP contribution in [0.3, 0.4) is 0 Å². The minimum Gasteiger partial charge on any atom is -0.489 e. The van der Waals surface area contributed by atoms with E-state index in [2.05, 4.69) is 10.6 Å². The Kier molecular flexibility index (Phi) is 8.21. The highest BCUT2D eigenvalue weighted by Crippen LogP contribution is 2.32. The van der Waals surface area contributed by atoms with Crippen LogP contribution >= 0.6 is 0 Å². The van der Waals surface area contributed by atoms with E-state index in [0.717, 1.165) is 5.56 Å². The summed E-state index contributed by atoms with van der Waals surface area (Å²) in [4.78, 5) is 35.8. The first-order chi connectivity index (χ1) is 17.5. The van der Waals surface area contributed by atoms with Crippen molar-refractivity contribution in [3.05, 3.63) is 78.4 Å². The van der Waals surface area contributed by atoms with Crippen LogP contribution in [0.15, 0.2) is 72.8 Å². The number of benzene rings is 3. The number of carbonyl (C=O) groups is 3. The van der Waals surface area contributed by atoms with Crippen LogP contribution in [0.5, 0.6) is 23.0 Å². The summed E-state index contributed by atoms with van der Waals surface area (Å²) >= 11 is 0. The fourth-order valence-electron chi connectivity index (χ4n) is 3.15. The summed E-state index contributed by atoms with van der Waals surface area (Å²) in [6.45, 7) is 0.258. The summed E-state index contributed by atoms with van der Waals surface area (Å²) in [6.07, 6.45) is 0. The quantitative estimate of drug-likeness (QED) is 0.437. The van der Waals surface area contributed by atoms with Crippen molar-refractivity contribution in [3.63, 3.8) is 0 Å². The number of ether oxygens (including phenoxy) is 5. The van der Waals surface area contributed by atoms with Gasteiger partial charge in [-0.1, -0.05) is 30.3 Å². The van der Waals surface area contributed by atoms with Crippen molar-refractivity contribution < 1.29 is 38.1 Å². The number of imide groups is 1. The molecule has 0 saturated heterocycles. The van der Waals surface area contributed by atoms with E-state index in [0.29, 0.717) is 48.5 Å². The molecule has 1 aliphatic heterocycles. The summed E-state index contributed by atoms with van der Waals surface area (Å²) < 4.78 is 26.8. The lowest BCUT2D eigenvalue weighted by Crippen LogP contribution is -2.37. The first kappa shape index (κ1) is 24.4. The average molecular weight is 492 g/mol. The summed E-state index contributed by atoms with van der Waals surface area (Å²) in [6, 6.07) is 20.6. The zero-order chi connectivity index (χ0) is 25.2. The molecule has 0 unspecified atom stereocenters. The summed E-state index contributed by atoms with van der Waals surface area (Å²) in [5.41, 5.74) is 1.46. The van der Waals surface area contributed by atoms with E-state index in [1.165, 1.54) is 0 Å². The number of amides is 3. The van der Waals surface area contributed by atoms with Crippen LogP contribution in [0.1, 0.15) is 5.56 Å². The molecule has 4 rings (SSSR count). The molecule has 10 nitrogen and oxygen atoms in total. The van der Waals surface area contributed by atoms with Gasteiger partial charge in [-0.15, -0.1) is 0 Å². The third-order valence-electron chi connectivity index (χ3n) is 4.85. The minimum absolute atomic E-state index is 0.402. The average Bonchev–Trinajstić information content (AvgIpc) is 2.90. The molecule has 0 radical (unpaired) electrons. The smallest absolute Gasteiger partial charge is 0.344 e. The van der Waals surface area contributed by atoms with Crippen LogP contribution in [0.25, 0.3) is 0 Å². The molecule has 36 heavy (non-hydrogen) atoms. The Balaban J connectivity index is 1.13. The van der Waals surface area contributed by atoms with Gasteiger partial charge in [-0.2, -0.15) is 0 Å². The number of rotatable bonds is 9. The molecule has 0 aromatic heterocycles. The third-order valence-corrected chi connectivity index (χ3v) is 4.85. The predicted octanol–water partition coefficient (Wildman–Crippen LogP) is 3.31. The van der Waals surface area contributed by atoms with E-state index >= 15 is 0 Å². The Labute approximate surface area is 207 Å². The molecule has 3 amide bonds. The molecule has 3 aromatic rings. The summed E-state index contributed by atoms with van der Waals surface area (Å²) in [5, 5.41) is 4.57. The van der Waals surface area contributed by atoms with Crippen LogP contribution in [-0.2, 0) is 20.9 Å². The van der Waals surface area contributed by atoms with Crippen molar-refractivity contribution in [2.75, 3.05) is 31.7 Å². The van der Waals surface area contributed by atoms with Gasteiger partial charge in [0.1, 0.15) is 31.3 Å². The first-order valence-corrected chi connectivity index (χ1v) is 11.1. The van der Waals surface area contributed by atoms with Gasteiger partial charge in [0.15, 0.2) is 24.7 Å². The van der Waals surface area contributed by atoms with Gasteiger partial charge in [0.2, 0.25) is 0 Å². The lowest BCUT2D eigenvalue weighted by Gasteiger charge is -2.19. The van der Waals surface area contributed by atoms with E-state index in [1.807, 2.05) is 30.3 Å². The molecule has 3 aromatic carbocycles. The molecule has 0 fully saturated rings. The number of hydrogen-bond donors (Lipinski definition) is 2.